The normalized spacial score (nSPS) is 18.8. The van der Waals surface area contributed by atoms with Crippen molar-refractivity contribution in [1.82, 2.24) is 15.2 Å². The van der Waals surface area contributed by atoms with Crippen LogP contribution in [0.15, 0.2) is 24.4 Å². The van der Waals surface area contributed by atoms with Gasteiger partial charge >= 0.3 is 0 Å². The van der Waals surface area contributed by atoms with Gasteiger partial charge in [-0.25, -0.2) is 0 Å². The molecule has 1 saturated heterocycles. The van der Waals surface area contributed by atoms with E-state index in [1.54, 1.807) is 11.3 Å². The largest absolute Gasteiger partial charge is 0.395 e. The van der Waals surface area contributed by atoms with Crippen molar-refractivity contribution in [1.29, 1.82) is 0 Å². The van der Waals surface area contributed by atoms with Crippen molar-refractivity contribution >= 4 is 17.2 Å². The first-order valence-electron chi connectivity index (χ1n) is 9.90. The molecule has 0 aliphatic carbocycles. The Bertz CT molecular complexity index is 826. The number of carbonyl (C=O) groups is 1. The van der Waals surface area contributed by atoms with Crippen molar-refractivity contribution in [3.8, 4) is 0 Å². The molecule has 0 atom stereocenters. The van der Waals surface area contributed by atoms with E-state index >= 15 is 0 Å². The number of fused-ring (bicyclic) bond motifs is 2. The van der Waals surface area contributed by atoms with Crippen molar-refractivity contribution in [2.75, 3.05) is 32.8 Å². The van der Waals surface area contributed by atoms with Gasteiger partial charge < -0.3 is 15.2 Å². The van der Waals surface area contributed by atoms with E-state index in [1.807, 2.05) is 12.3 Å². The lowest BCUT2D eigenvalue weighted by Gasteiger charge is -2.44. The number of aromatic nitrogens is 1. The Kier molecular flexibility index (Phi) is 5.78. The van der Waals surface area contributed by atoms with Gasteiger partial charge in [0.05, 0.1) is 29.4 Å². The zero-order valence-electron chi connectivity index (χ0n) is 16.2. The maximum absolute atomic E-state index is 12.3. The summed E-state index contributed by atoms with van der Waals surface area (Å²) < 4.78 is 6.31. The van der Waals surface area contributed by atoms with Gasteiger partial charge in [0.1, 0.15) is 0 Å². The first kappa shape index (κ1) is 19.5. The Morgan fingerprint density at radius 3 is 2.93 bits per heavy atom. The first-order chi connectivity index (χ1) is 13.6. The van der Waals surface area contributed by atoms with Crippen LogP contribution in [0.1, 0.15) is 44.2 Å². The number of nitrogens with one attached hydrogen (secondary N) is 1. The topological polar surface area (TPSA) is 74.7 Å². The number of nitrogens with zero attached hydrogens (tertiary/aromatic N) is 2. The second-order valence-corrected chi connectivity index (χ2v) is 8.76. The highest BCUT2D eigenvalue weighted by molar-refractivity contribution is 7.14. The minimum Gasteiger partial charge on any atom is -0.395 e. The lowest BCUT2D eigenvalue weighted by atomic mass is 9.82. The van der Waals surface area contributed by atoms with Gasteiger partial charge in [-0.15, -0.1) is 11.3 Å². The molecule has 150 valence electrons. The van der Waals surface area contributed by atoms with Crippen LogP contribution in [0.3, 0.4) is 0 Å². The van der Waals surface area contributed by atoms with Crippen molar-refractivity contribution in [3.05, 3.63) is 51.0 Å². The Morgan fingerprint density at radius 2 is 2.21 bits per heavy atom. The summed E-state index contributed by atoms with van der Waals surface area (Å²) in [6.45, 7) is 5.78. The van der Waals surface area contributed by atoms with E-state index in [1.165, 1.54) is 16.0 Å². The number of pyridine rings is 1. The third-order valence-electron chi connectivity index (χ3n) is 5.65. The maximum Gasteiger partial charge on any atom is 0.261 e. The summed E-state index contributed by atoms with van der Waals surface area (Å²) >= 11 is 1.57. The number of aliphatic hydroxyl groups is 1. The molecule has 2 aliphatic rings. The van der Waals surface area contributed by atoms with Gasteiger partial charge in [-0.3, -0.25) is 14.7 Å². The SMILES string of the molecule is Cc1ccc(CN2CCC3(CC2)OCCc2sc(C(=O)NCCO)cc23)nc1. The van der Waals surface area contributed by atoms with Gasteiger partial charge in [0.15, 0.2) is 0 Å². The first-order valence-corrected chi connectivity index (χ1v) is 10.7. The zero-order valence-corrected chi connectivity index (χ0v) is 17.1. The molecule has 6 nitrogen and oxygen atoms in total. The van der Waals surface area contributed by atoms with Crippen LogP contribution in [0, 0.1) is 6.92 Å². The van der Waals surface area contributed by atoms with E-state index in [0.29, 0.717) is 6.61 Å². The highest BCUT2D eigenvalue weighted by Crippen LogP contribution is 2.44. The number of likely N-dealkylation sites (tertiary alicyclic amines) is 1. The molecule has 1 spiro atoms. The zero-order chi connectivity index (χ0) is 19.6. The van der Waals surface area contributed by atoms with Crippen LogP contribution in [0.5, 0.6) is 0 Å². The Balaban J connectivity index is 1.45. The monoisotopic (exact) mass is 401 g/mol. The summed E-state index contributed by atoms with van der Waals surface area (Å²) in [5.41, 5.74) is 3.22. The van der Waals surface area contributed by atoms with Crippen LogP contribution in [0.2, 0.25) is 0 Å². The minimum atomic E-state index is -0.267. The number of aryl methyl sites for hydroxylation is 1. The van der Waals surface area contributed by atoms with Crippen molar-refractivity contribution in [2.24, 2.45) is 0 Å². The summed E-state index contributed by atoms with van der Waals surface area (Å²) in [4.78, 5) is 21.3. The second-order valence-electron chi connectivity index (χ2n) is 7.62. The molecule has 28 heavy (non-hydrogen) atoms. The fourth-order valence-electron chi connectivity index (χ4n) is 4.09. The average Bonchev–Trinajstić information content (AvgIpc) is 3.16. The van der Waals surface area contributed by atoms with E-state index in [4.69, 9.17) is 9.84 Å². The number of rotatable bonds is 5. The molecule has 7 heteroatoms. The molecule has 4 rings (SSSR count). The molecule has 4 heterocycles. The van der Waals surface area contributed by atoms with Gasteiger partial charge in [-0.1, -0.05) is 6.07 Å². The number of ether oxygens (including phenoxy) is 1. The van der Waals surface area contributed by atoms with E-state index in [2.05, 4.69) is 34.3 Å². The fourth-order valence-corrected chi connectivity index (χ4v) is 5.24. The summed E-state index contributed by atoms with van der Waals surface area (Å²) in [5, 5.41) is 11.7. The third kappa shape index (κ3) is 3.98. The smallest absolute Gasteiger partial charge is 0.261 e. The molecule has 2 aliphatic heterocycles. The molecular formula is C21H27N3O3S. The Morgan fingerprint density at radius 1 is 1.39 bits per heavy atom. The lowest BCUT2D eigenvalue weighted by molar-refractivity contribution is -0.0982. The molecule has 0 bridgehead atoms. The average molecular weight is 402 g/mol. The molecule has 1 fully saturated rings. The van der Waals surface area contributed by atoms with E-state index in [9.17, 15) is 4.79 Å². The lowest BCUT2D eigenvalue weighted by Crippen LogP contribution is -2.46. The van der Waals surface area contributed by atoms with Crippen LogP contribution in [-0.4, -0.2) is 53.7 Å². The quantitative estimate of drug-likeness (QED) is 0.804. The van der Waals surface area contributed by atoms with Gasteiger partial charge in [0, 0.05) is 43.7 Å². The third-order valence-corrected chi connectivity index (χ3v) is 6.84. The summed E-state index contributed by atoms with van der Waals surface area (Å²) in [6.07, 6.45) is 4.65. The maximum atomic E-state index is 12.3. The predicted octanol–water partition coefficient (Wildman–Crippen LogP) is 2.24. The van der Waals surface area contributed by atoms with Crippen LogP contribution in [0.4, 0.5) is 0 Å². The standard InChI is InChI=1S/C21H27N3O3S/c1-15-2-3-16(23-13-15)14-24-8-5-21(6-9-24)17-12-19(20(26)22-7-10-25)28-18(17)4-11-27-21/h2-3,12-13,25H,4-11,14H2,1H3,(H,22,26). The van der Waals surface area contributed by atoms with Crippen LogP contribution < -0.4 is 5.32 Å². The number of thiophene rings is 1. The summed E-state index contributed by atoms with van der Waals surface area (Å²) in [6, 6.07) is 6.23. The van der Waals surface area contributed by atoms with Gasteiger partial charge in [0.25, 0.3) is 5.91 Å². The van der Waals surface area contributed by atoms with Crippen LogP contribution in [0.25, 0.3) is 0 Å². The number of aliphatic hydroxyl groups excluding tert-OH is 1. The van der Waals surface area contributed by atoms with Crippen LogP contribution in [-0.2, 0) is 23.3 Å². The molecule has 1 amide bonds. The van der Waals surface area contributed by atoms with Gasteiger partial charge in [-0.2, -0.15) is 0 Å². The van der Waals surface area contributed by atoms with Crippen LogP contribution >= 0.6 is 11.3 Å². The van der Waals surface area contributed by atoms with Gasteiger partial charge in [0.2, 0.25) is 0 Å². The Hall–Kier alpha value is -1.80. The number of hydrogen-bond donors (Lipinski definition) is 2. The van der Waals surface area contributed by atoms with Crippen molar-refractivity contribution in [2.45, 2.75) is 38.3 Å². The van der Waals surface area contributed by atoms with E-state index < -0.39 is 0 Å². The van der Waals surface area contributed by atoms with Crippen molar-refractivity contribution in [3.63, 3.8) is 0 Å². The van der Waals surface area contributed by atoms with Crippen molar-refractivity contribution < 1.29 is 14.6 Å². The molecule has 0 saturated carbocycles. The Labute approximate surface area is 169 Å². The molecular weight excluding hydrogens is 374 g/mol. The fraction of sp³-hybridized carbons (Fsp3) is 0.524. The van der Waals surface area contributed by atoms with E-state index in [-0.39, 0.29) is 24.7 Å². The number of piperidine rings is 1. The molecule has 0 aromatic carbocycles. The highest BCUT2D eigenvalue weighted by atomic mass is 32.1. The molecule has 2 aromatic rings. The molecule has 0 radical (unpaired) electrons. The number of hydrogen-bond acceptors (Lipinski definition) is 6. The summed E-state index contributed by atoms with van der Waals surface area (Å²) in [7, 11) is 0. The molecule has 0 unspecified atom stereocenters. The van der Waals surface area contributed by atoms with E-state index in [0.717, 1.165) is 49.5 Å². The molecule has 2 N–H and O–H groups in total. The molecule has 2 aromatic heterocycles. The predicted molar refractivity (Wildman–Crippen MR) is 109 cm³/mol. The summed E-state index contributed by atoms with van der Waals surface area (Å²) in [5.74, 6) is -0.105. The number of amides is 1. The van der Waals surface area contributed by atoms with Gasteiger partial charge in [-0.05, 0) is 43.0 Å². The number of carbonyl (C=O) groups excluding carboxylic acids is 1. The minimum absolute atomic E-state index is 0.0461. The second kappa shape index (κ2) is 8.29. The highest BCUT2D eigenvalue weighted by Gasteiger charge is 2.42.